The van der Waals surface area contributed by atoms with Crippen LogP contribution in [0.15, 0.2) is 48.9 Å². The van der Waals surface area contributed by atoms with Crippen LogP contribution < -0.4 is 4.84 Å². The number of fused-ring (bicyclic) bond motifs is 1. The predicted octanol–water partition coefficient (Wildman–Crippen LogP) is 1.86. The molecule has 4 nitrogen and oxygen atoms in total. The molecule has 17 heavy (non-hydrogen) atoms. The molecule has 83 valence electrons. The van der Waals surface area contributed by atoms with Crippen molar-refractivity contribution >= 4 is 10.9 Å². The molecule has 2 heterocycles. The van der Waals surface area contributed by atoms with Crippen LogP contribution in [0.25, 0.3) is 10.9 Å². The van der Waals surface area contributed by atoms with Crippen LogP contribution in [0.4, 0.5) is 0 Å². The first kappa shape index (κ1) is 9.84. The number of rotatable bonds is 3. The second-order valence-corrected chi connectivity index (χ2v) is 3.60. The molecule has 0 spiro atoms. The minimum atomic E-state index is 0.378. The summed E-state index contributed by atoms with van der Waals surface area (Å²) in [5, 5.41) is 1.10. The average Bonchev–Trinajstić information content (AvgIpc) is 2.81. The van der Waals surface area contributed by atoms with Crippen molar-refractivity contribution < 1.29 is 4.84 Å². The first-order valence-corrected chi connectivity index (χ1v) is 5.30. The van der Waals surface area contributed by atoms with Gasteiger partial charge in [0.25, 0.3) is 0 Å². The van der Waals surface area contributed by atoms with Crippen LogP contribution >= 0.6 is 0 Å². The molecular weight excluding hydrogens is 214 g/mol. The lowest BCUT2D eigenvalue weighted by Gasteiger charge is -2.06. The third-order valence-corrected chi connectivity index (χ3v) is 2.45. The Morgan fingerprint density at radius 3 is 3.06 bits per heavy atom. The van der Waals surface area contributed by atoms with E-state index in [1.54, 1.807) is 23.3 Å². The molecule has 3 aromatic rings. The third-order valence-electron chi connectivity index (χ3n) is 2.45. The van der Waals surface area contributed by atoms with Gasteiger partial charge in [-0.1, -0.05) is 18.2 Å². The van der Waals surface area contributed by atoms with Gasteiger partial charge >= 0.3 is 0 Å². The second-order valence-electron chi connectivity index (χ2n) is 3.60. The molecule has 0 unspecified atom stereocenters. The Kier molecular flexibility index (Phi) is 2.46. The average molecular weight is 224 g/mol. The quantitative estimate of drug-likeness (QED) is 0.681. The zero-order valence-corrected chi connectivity index (χ0v) is 9.08. The number of hydrogen-bond acceptors (Lipinski definition) is 3. The van der Waals surface area contributed by atoms with Gasteiger partial charge in [0.05, 0.1) is 17.4 Å². The zero-order valence-electron chi connectivity index (χ0n) is 9.08. The van der Waals surface area contributed by atoms with Gasteiger partial charge in [-0.2, -0.15) is 4.73 Å². The SMILES string of the molecule is [c]1cc2ccccc2n1OCc1cnccn1. The molecule has 3 rings (SSSR count). The molecule has 0 amide bonds. The first-order chi connectivity index (χ1) is 8.43. The molecular formula is C13H10N3O. The molecule has 2 aromatic heterocycles. The highest BCUT2D eigenvalue weighted by Crippen LogP contribution is 2.13. The molecule has 0 fully saturated rings. The lowest BCUT2D eigenvalue weighted by atomic mass is 10.3. The van der Waals surface area contributed by atoms with Crippen LogP contribution in [0.1, 0.15) is 5.69 Å². The molecule has 1 aromatic carbocycles. The van der Waals surface area contributed by atoms with E-state index >= 15 is 0 Å². The van der Waals surface area contributed by atoms with E-state index in [1.165, 1.54) is 0 Å². The smallest absolute Gasteiger partial charge is 0.158 e. The van der Waals surface area contributed by atoms with Crippen molar-refractivity contribution in [1.82, 2.24) is 14.7 Å². The third kappa shape index (κ3) is 1.97. The Labute approximate surface area is 98.5 Å². The number of aromatic nitrogens is 3. The lowest BCUT2D eigenvalue weighted by Crippen LogP contribution is -2.10. The minimum Gasteiger partial charge on any atom is -0.407 e. The normalized spacial score (nSPS) is 10.6. The Balaban J connectivity index is 1.82. The van der Waals surface area contributed by atoms with Crippen LogP contribution in [0, 0.1) is 6.20 Å². The maximum atomic E-state index is 5.60. The van der Waals surface area contributed by atoms with E-state index in [2.05, 4.69) is 16.2 Å². The van der Waals surface area contributed by atoms with E-state index in [9.17, 15) is 0 Å². The maximum absolute atomic E-state index is 5.60. The highest BCUT2D eigenvalue weighted by atomic mass is 16.7. The Hall–Kier alpha value is -2.36. The standard InChI is InChI=1S/C13H10N3O/c1-2-4-13-11(3-1)5-8-16(13)17-10-12-9-14-6-7-15-12/h1-7,9H,10H2. The molecule has 0 bridgehead atoms. The number of hydrogen-bond donors (Lipinski definition) is 0. The maximum Gasteiger partial charge on any atom is 0.158 e. The largest absolute Gasteiger partial charge is 0.407 e. The fourth-order valence-electron chi connectivity index (χ4n) is 1.63. The summed E-state index contributed by atoms with van der Waals surface area (Å²) in [6.45, 7) is 0.378. The monoisotopic (exact) mass is 224 g/mol. The van der Waals surface area contributed by atoms with Gasteiger partial charge in [-0.3, -0.25) is 9.97 Å². The van der Waals surface area contributed by atoms with Crippen LogP contribution in [-0.4, -0.2) is 14.7 Å². The van der Waals surface area contributed by atoms with E-state index < -0.39 is 0 Å². The van der Waals surface area contributed by atoms with E-state index in [-0.39, 0.29) is 0 Å². The van der Waals surface area contributed by atoms with Crippen molar-refractivity contribution in [2.24, 2.45) is 0 Å². The highest BCUT2D eigenvalue weighted by Gasteiger charge is 2.01. The first-order valence-electron chi connectivity index (χ1n) is 5.30. The number of nitrogens with zero attached hydrogens (tertiary/aromatic N) is 3. The summed E-state index contributed by atoms with van der Waals surface area (Å²) in [6, 6.07) is 9.87. The van der Waals surface area contributed by atoms with E-state index in [0.29, 0.717) is 6.61 Å². The minimum absolute atomic E-state index is 0.378. The van der Waals surface area contributed by atoms with Gasteiger partial charge in [0.15, 0.2) is 6.61 Å². The summed E-state index contributed by atoms with van der Waals surface area (Å²) >= 11 is 0. The van der Waals surface area contributed by atoms with Crippen molar-refractivity contribution in [3.05, 3.63) is 60.8 Å². The molecule has 0 atom stereocenters. The number of para-hydroxylation sites is 1. The van der Waals surface area contributed by atoms with Crippen molar-refractivity contribution in [3.8, 4) is 0 Å². The molecule has 0 saturated heterocycles. The lowest BCUT2D eigenvalue weighted by molar-refractivity contribution is 0.103. The fourth-order valence-corrected chi connectivity index (χ4v) is 1.63. The highest BCUT2D eigenvalue weighted by molar-refractivity contribution is 5.79. The van der Waals surface area contributed by atoms with Crippen molar-refractivity contribution in [3.63, 3.8) is 0 Å². The van der Waals surface area contributed by atoms with Crippen molar-refractivity contribution in [2.75, 3.05) is 0 Å². The van der Waals surface area contributed by atoms with Gasteiger partial charge in [0.2, 0.25) is 0 Å². The van der Waals surface area contributed by atoms with Crippen LogP contribution in [0.3, 0.4) is 0 Å². The molecule has 1 radical (unpaired) electrons. The van der Waals surface area contributed by atoms with Crippen LogP contribution in [-0.2, 0) is 6.61 Å². The summed E-state index contributed by atoms with van der Waals surface area (Å²) in [5.74, 6) is 0. The molecule has 0 N–H and O–H groups in total. The zero-order chi connectivity index (χ0) is 11.5. The Morgan fingerprint density at radius 1 is 1.24 bits per heavy atom. The summed E-state index contributed by atoms with van der Waals surface area (Å²) < 4.78 is 1.63. The van der Waals surface area contributed by atoms with Crippen LogP contribution in [0.5, 0.6) is 0 Å². The van der Waals surface area contributed by atoms with E-state index in [1.807, 2.05) is 30.3 Å². The van der Waals surface area contributed by atoms with Crippen molar-refractivity contribution in [1.29, 1.82) is 0 Å². The fraction of sp³-hybridized carbons (Fsp3) is 0.0769. The van der Waals surface area contributed by atoms with Crippen molar-refractivity contribution in [2.45, 2.75) is 6.61 Å². The predicted molar refractivity (Wildman–Crippen MR) is 63.1 cm³/mol. The molecule has 0 saturated carbocycles. The second kappa shape index (κ2) is 4.25. The Bertz CT molecular complexity index is 619. The topological polar surface area (TPSA) is 39.9 Å². The molecule has 4 heteroatoms. The van der Waals surface area contributed by atoms with Gasteiger partial charge < -0.3 is 4.84 Å². The number of benzene rings is 1. The van der Waals surface area contributed by atoms with Crippen LogP contribution in [0.2, 0.25) is 0 Å². The molecule has 0 aliphatic rings. The summed E-state index contributed by atoms with van der Waals surface area (Å²) in [7, 11) is 0. The Morgan fingerprint density at radius 2 is 2.18 bits per heavy atom. The van der Waals surface area contributed by atoms with Gasteiger partial charge in [-0.25, -0.2) is 0 Å². The van der Waals surface area contributed by atoms with E-state index in [4.69, 9.17) is 4.84 Å². The van der Waals surface area contributed by atoms with Gasteiger partial charge in [0, 0.05) is 17.8 Å². The molecule has 0 aliphatic heterocycles. The van der Waals surface area contributed by atoms with Gasteiger partial charge in [-0.15, -0.1) is 0 Å². The molecule has 0 aliphatic carbocycles. The van der Waals surface area contributed by atoms with Gasteiger partial charge in [-0.05, 0) is 12.1 Å². The van der Waals surface area contributed by atoms with Gasteiger partial charge in [0.1, 0.15) is 6.20 Å². The summed E-state index contributed by atoms with van der Waals surface area (Å²) in [4.78, 5) is 13.7. The summed E-state index contributed by atoms with van der Waals surface area (Å²) in [6.07, 6.45) is 8.00. The van der Waals surface area contributed by atoms with E-state index in [0.717, 1.165) is 16.6 Å². The summed E-state index contributed by atoms with van der Waals surface area (Å²) in [5.41, 5.74) is 1.79.